The summed E-state index contributed by atoms with van der Waals surface area (Å²) in [4.78, 5) is 13.4. The van der Waals surface area contributed by atoms with E-state index in [1.165, 1.54) is 0 Å². The Labute approximate surface area is 100 Å². The number of carbonyl (C=O) groups excluding carboxylic acids is 1. The molecular weight excluding hydrogens is 222 g/mol. The average molecular weight is 237 g/mol. The van der Waals surface area contributed by atoms with Crippen molar-refractivity contribution in [3.05, 3.63) is 29.3 Å². The topological polar surface area (TPSA) is 40.5 Å². The third-order valence-corrected chi connectivity index (χ3v) is 3.15. The standard InChI is InChI=1S/C12H15NO2S/c1-8-2-3-11(9(4-8)7-14)13-6-10(16)5-12(13)15/h2-4,10,14,16H,5-7H2,1H3. The van der Waals surface area contributed by atoms with Crippen LogP contribution >= 0.6 is 12.6 Å². The number of nitrogens with zero attached hydrogens (tertiary/aromatic N) is 1. The molecule has 0 aromatic heterocycles. The Morgan fingerprint density at radius 1 is 1.56 bits per heavy atom. The molecule has 1 fully saturated rings. The number of benzene rings is 1. The highest BCUT2D eigenvalue weighted by Gasteiger charge is 2.29. The lowest BCUT2D eigenvalue weighted by atomic mass is 10.1. The van der Waals surface area contributed by atoms with Gasteiger partial charge in [-0.1, -0.05) is 17.7 Å². The molecule has 0 saturated carbocycles. The van der Waals surface area contributed by atoms with E-state index in [0.717, 1.165) is 16.8 Å². The molecule has 1 aromatic rings. The monoisotopic (exact) mass is 237 g/mol. The number of aliphatic hydroxyl groups is 1. The number of rotatable bonds is 2. The van der Waals surface area contributed by atoms with Crippen LogP contribution in [0.4, 0.5) is 5.69 Å². The quantitative estimate of drug-likeness (QED) is 0.766. The van der Waals surface area contributed by atoms with Crippen LogP contribution in [0.2, 0.25) is 0 Å². The van der Waals surface area contributed by atoms with Crippen molar-refractivity contribution >= 4 is 24.2 Å². The zero-order chi connectivity index (χ0) is 11.7. The maximum atomic E-state index is 11.7. The molecule has 1 aliphatic heterocycles. The molecule has 1 N–H and O–H groups in total. The van der Waals surface area contributed by atoms with Crippen LogP contribution in [0.25, 0.3) is 0 Å². The molecule has 2 rings (SSSR count). The van der Waals surface area contributed by atoms with E-state index in [1.807, 2.05) is 25.1 Å². The van der Waals surface area contributed by atoms with Crippen LogP contribution in [0.3, 0.4) is 0 Å². The summed E-state index contributed by atoms with van der Waals surface area (Å²) in [6, 6.07) is 5.76. The number of carbonyl (C=O) groups is 1. The van der Waals surface area contributed by atoms with Crippen molar-refractivity contribution in [1.29, 1.82) is 0 Å². The van der Waals surface area contributed by atoms with Crippen molar-refractivity contribution in [2.24, 2.45) is 0 Å². The van der Waals surface area contributed by atoms with Gasteiger partial charge in [0.15, 0.2) is 0 Å². The number of anilines is 1. The Morgan fingerprint density at radius 3 is 2.88 bits per heavy atom. The summed E-state index contributed by atoms with van der Waals surface area (Å²) < 4.78 is 0. The van der Waals surface area contributed by atoms with E-state index in [1.54, 1.807) is 4.90 Å². The summed E-state index contributed by atoms with van der Waals surface area (Å²) >= 11 is 4.32. The van der Waals surface area contributed by atoms with Crippen molar-refractivity contribution in [3.8, 4) is 0 Å². The van der Waals surface area contributed by atoms with E-state index in [0.29, 0.717) is 13.0 Å². The average Bonchev–Trinajstić information content (AvgIpc) is 2.57. The summed E-state index contributed by atoms with van der Waals surface area (Å²) in [5.74, 6) is 0.0820. The largest absolute Gasteiger partial charge is 0.392 e. The molecule has 1 amide bonds. The second kappa shape index (κ2) is 4.47. The lowest BCUT2D eigenvalue weighted by Crippen LogP contribution is -2.25. The van der Waals surface area contributed by atoms with Crippen molar-refractivity contribution in [2.75, 3.05) is 11.4 Å². The Bertz CT molecular complexity index is 419. The first-order valence-electron chi connectivity index (χ1n) is 5.30. The second-order valence-corrected chi connectivity index (χ2v) is 4.88. The molecule has 1 aromatic carbocycles. The molecule has 16 heavy (non-hydrogen) atoms. The van der Waals surface area contributed by atoms with Crippen LogP contribution in [-0.4, -0.2) is 22.8 Å². The van der Waals surface area contributed by atoms with E-state index >= 15 is 0 Å². The molecule has 1 aliphatic rings. The van der Waals surface area contributed by atoms with Crippen LogP contribution in [0, 0.1) is 6.92 Å². The minimum atomic E-state index is -0.0436. The number of thiol groups is 1. The van der Waals surface area contributed by atoms with Gasteiger partial charge in [0.2, 0.25) is 5.91 Å². The zero-order valence-electron chi connectivity index (χ0n) is 9.18. The van der Waals surface area contributed by atoms with E-state index in [2.05, 4.69) is 12.6 Å². The molecule has 1 unspecified atom stereocenters. The van der Waals surface area contributed by atoms with Gasteiger partial charge in [0, 0.05) is 29.5 Å². The summed E-state index contributed by atoms with van der Waals surface area (Å²) in [6.45, 7) is 2.55. The summed E-state index contributed by atoms with van der Waals surface area (Å²) in [7, 11) is 0. The first kappa shape index (κ1) is 11.5. The number of hydrogen-bond acceptors (Lipinski definition) is 3. The molecule has 1 saturated heterocycles. The SMILES string of the molecule is Cc1ccc(N2CC(S)CC2=O)c(CO)c1. The van der Waals surface area contributed by atoms with Crippen LogP contribution in [0.5, 0.6) is 0 Å². The van der Waals surface area contributed by atoms with E-state index in [-0.39, 0.29) is 17.8 Å². The first-order chi connectivity index (χ1) is 7.61. The maximum absolute atomic E-state index is 11.7. The van der Waals surface area contributed by atoms with Crippen molar-refractivity contribution in [1.82, 2.24) is 0 Å². The molecule has 86 valence electrons. The van der Waals surface area contributed by atoms with E-state index < -0.39 is 0 Å². The van der Waals surface area contributed by atoms with Gasteiger partial charge in [-0.25, -0.2) is 0 Å². The Balaban J connectivity index is 2.36. The molecule has 0 radical (unpaired) electrons. The predicted octanol–water partition coefficient (Wildman–Crippen LogP) is 1.52. The first-order valence-corrected chi connectivity index (χ1v) is 5.82. The number of aryl methyl sites for hydroxylation is 1. The molecular formula is C12H15NO2S. The minimum Gasteiger partial charge on any atom is -0.392 e. The second-order valence-electron chi connectivity index (χ2n) is 4.15. The summed E-state index contributed by atoms with van der Waals surface area (Å²) in [6.07, 6.45) is 0.474. The smallest absolute Gasteiger partial charge is 0.228 e. The zero-order valence-corrected chi connectivity index (χ0v) is 10.1. The third kappa shape index (κ3) is 2.08. The van der Waals surface area contributed by atoms with E-state index in [9.17, 15) is 9.90 Å². The van der Waals surface area contributed by atoms with Gasteiger partial charge in [0.05, 0.1) is 6.61 Å². The lowest BCUT2D eigenvalue weighted by molar-refractivity contribution is -0.117. The number of hydrogen-bond donors (Lipinski definition) is 2. The number of amides is 1. The third-order valence-electron chi connectivity index (χ3n) is 2.80. The van der Waals surface area contributed by atoms with Gasteiger partial charge in [-0.15, -0.1) is 0 Å². The highest BCUT2D eigenvalue weighted by Crippen LogP contribution is 2.28. The molecule has 3 nitrogen and oxygen atoms in total. The molecule has 0 bridgehead atoms. The van der Waals surface area contributed by atoms with Crippen molar-refractivity contribution in [3.63, 3.8) is 0 Å². The van der Waals surface area contributed by atoms with Gasteiger partial charge >= 0.3 is 0 Å². The fourth-order valence-corrected chi connectivity index (χ4v) is 2.35. The van der Waals surface area contributed by atoms with E-state index in [4.69, 9.17) is 0 Å². The Kier molecular flexibility index (Phi) is 3.21. The van der Waals surface area contributed by atoms with Gasteiger partial charge in [-0.3, -0.25) is 4.79 Å². The molecule has 4 heteroatoms. The lowest BCUT2D eigenvalue weighted by Gasteiger charge is -2.19. The van der Waals surface area contributed by atoms with Gasteiger partial charge in [-0.05, 0) is 13.0 Å². The highest BCUT2D eigenvalue weighted by atomic mass is 32.1. The van der Waals surface area contributed by atoms with Gasteiger partial charge < -0.3 is 10.0 Å². The fraction of sp³-hybridized carbons (Fsp3) is 0.417. The Hall–Kier alpha value is -1.00. The van der Waals surface area contributed by atoms with Crippen LogP contribution in [0.1, 0.15) is 17.5 Å². The van der Waals surface area contributed by atoms with Gasteiger partial charge in [0.1, 0.15) is 0 Å². The van der Waals surface area contributed by atoms with Crippen LogP contribution in [0.15, 0.2) is 18.2 Å². The fourth-order valence-electron chi connectivity index (χ4n) is 2.03. The Morgan fingerprint density at radius 2 is 2.31 bits per heavy atom. The highest BCUT2D eigenvalue weighted by molar-refractivity contribution is 7.81. The van der Waals surface area contributed by atoms with Gasteiger partial charge in [0.25, 0.3) is 0 Å². The number of aliphatic hydroxyl groups excluding tert-OH is 1. The maximum Gasteiger partial charge on any atom is 0.228 e. The molecule has 1 atom stereocenters. The molecule has 1 heterocycles. The molecule has 0 spiro atoms. The summed E-state index contributed by atoms with van der Waals surface area (Å²) in [5, 5.41) is 9.40. The summed E-state index contributed by atoms with van der Waals surface area (Å²) in [5.41, 5.74) is 2.70. The molecule has 0 aliphatic carbocycles. The van der Waals surface area contributed by atoms with Crippen molar-refractivity contribution in [2.45, 2.75) is 25.2 Å². The van der Waals surface area contributed by atoms with Crippen LogP contribution in [-0.2, 0) is 11.4 Å². The van der Waals surface area contributed by atoms with Crippen molar-refractivity contribution < 1.29 is 9.90 Å². The van der Waals surface area contributed by atoms with Gasteiger partial charge in [-0.2, -0.15) is 12.6 Å². The minimum absolute atomic E-state index is 0.0436. The predicted molar refractivity (Wildman–Crippen MR) is 66.8 cm³/mol. The van der Waals surface area contributed by atoms with Crippen LogP contribution < -0.4 is 4.90 Å². The normalized spacial score (nSPS) is 20.6.